The van der Waals surface area contributed by atoms with Gasteiger partial charge in [-0.15, -0.1) is 6.58 Å². The van der Waals surface area contributed by atoms with Gasteiger partial charge in [-0.1, -0.05) is 25.8 Å². The number of allylic oxidation sites excluding steroid dienone is 1. The molecule has 0 radical (unpaired) electrons. The van der Waals surface area contributed by atoms with E-state index in [-0.39, 0.29) is 5.91 Å². The number of amides is 1. The Bertz CT molecular complexity index is 284. The van der Waals surface area contributed by atoms with Crippen molar-refractivity contribution in [3.63, 3.8) is 0 Å². The van der Waals surface area contributed by atoms with Crippen molar-refractivity contribution < 1.29 is 9.28 Å². The summed E-state index contributed by atoms with van der Waals surface area (Å²) in [6.07, 6.45) is 3.28. The van der Waals surface area contributed by atoms with E-state index in [9.17, 15) is 4.79 Å². The summed E-state index contributed by atoms with van der Waals surface area (Å²) in [5, 5.41) is 0. The van der Waals surface area contributed by atoms with Gasteiger partial charge in [-0.05, 0) is 18.8 Å². The van der Waals surface area contributed by atoms with Crippen molar-refractivity contribution in [1.82, 2.24) is 0 Å². The number of likely N-dealkylation sites (N-methyl/N-ethyl adjacent to an activating group) is 1. The van der Waals surface area contributed by atoms with Crippen molar-refractivity contribution in [2.24, 2.45) is 11.1 Å². The molecule has 0 aromatic rings. The summed E-state index contributed by atoms with van der Waals surface area (Å²) in [4.78, 5) is 11.0. The summed E-state index contributed by atoms with van der Waals surface area (Å²) < 4.78 is 0.668. The SMILES string of the molecule is C=C(C)CC(C)(CC)CC[N+](C)(C)CC(N)=O. The molecule has 0 bridgehead atoms. The van der Waals surface area contributed by atoms with Gasteiger partial charge in [-0.2, -0.15) is 0 Å². The summed E-state index contributed by atoms with van der Waals surface area (Å²) in [5.41, 5.74) is 6.78. The molecule has 0 heterocycles. The first-order valence-corrected chi connectivity index (χ1v) is 6.35. The maximum Gasteiger partial charge on any atom is 0.272 e. The number of nitrogens with two attached hydrogens (primary N) is 1. The van der Waals surface area contributed by atoms with E-state index in [4.69, 9.17) is 5.73 Å². The zero-order valence-electron chi connectivity index (χ0n) is 12.2. The lowest BCUT2D eigenvalue weighted by atomic mass is 9.78. The highest BCUT2D eigenvalue weighted by Crippen LogP contribution is 2.33. The standard InChI is InChI=1S/C14H28N2O/c1-7-14(4,10-12(2)3)8-9-16(5,6)11-13(15)17/h2,7-11H2,1,3-6H3,(H-,15,17)/p+1. The van der Waals surface area contributed by atoms with E-state index in [1.54, 1.807) is 0 Å². The van der Waals surface area contributed by atoms with Crippen molar-refractivity contribution in [1.29, 1.82) is 0 Å². The molecular weight excluding hydrogens is 212 g/mol. The molecule has 0 rings (SSSR count). The Morgan fingerprint density at radius 3 is 2.29 bits per heavy atom. The van der Waals surface area contributed by atoms with Crippen LogP contribution in [-0.2, 0) is 4.79 Å². The molecular formula is C14H29N2O+. The molecule has 3 nitrogen and oxygen atoms in total. The van der Waals surface area contributed by atoms with Crippen molar-refractivity contribution in [2.75, 3.05) is 27.2 Å². The van der Waals surface area contributed by atoms with Crippen LogP contribution >= 0.6 is 0 Å². The minimum atomic E-state index is -0.229. The summed E-state index contributed by atoms with van der Waals surface area (Å²) in [6.45, 7) is 12.0. The smallest absolute Gasteiger partial charge is 0.272 e. The Morgan fingerprint density at radius 1 is 1.41 bits per heavy atom. The van der Waals surface area contributed by atoms with Crippen LogP contribution in [0.3, 0.4) is 0 Å². The maximum absolute atomic E-state index is 11.0. The molecule has 0 saturated heterocycles. The van der Waals surface area contributed by atoms with E-state index in [0.717, 1.165) is 25.8 Å². The molecule has 0 aliphatic heterocycles. The first kappa shape index (κ1) is 16.2. The number of quaternary nitrogens is 1. The van der Waals surface area contributed by atoms with Crippen LogP contribution in [0.15, 0.2) is 12.2 Å². The summed E-state index contributed by atoms with van der Waals surface area (Å²) in [6, 6.07) is 0. The van der Waals surface area contributed by atoms with Gasteiger partial charge >= 0.3 is 0 Å². The zero-order valence-corrected chi connectivity index (χ0v) is 12.2. The van der Waals surface area contributed by atoms with Gasteiger partial charge < -0.3 is 10.2 Å². The average Bonchev–Trinajstić information content (AvgIpc) is 2.12. The van der Waals surface area contributed by atoms with Gasteiger partial charge in [-0.3, -0.25) is 4.79 Å². The fraction of sp³-hybridized carbons (Fsp3) is 0.786. The van der Waals surface area contributed by atoms with Crippen LogP contribution in [0.2, 0.25) is 0 Å². The fourth-order valence-corrected chi connectivity index (χ4v) is 2.19. The van der Waals surface area contributed by atoms with Gasteiger partial charge in [0.25, 0.3) is 5.91 Å². The summed E-state index contributed by atoms with van der Waals surface area (Å²) in [5.74, 6) is -0.229. The second-order valence-corrected chi connectivity index (χ2v) is 6.33. The second-order valence-electron chi connectivity index (χ2n) is 6.33. The first-order chi connectivity index (χ1) is 7.60. The molecule has 0 spiro atoms. The van der Waals surface area contributed by atoms with E-state index in [1.165, 1.54) is 5.57 Å². The van der Waals surface area contributed by atoms with Crippen LogP contribution in [0.1, 0.15) is 40.0 Å². The number of rotatable bonds is 8. The largest absolute Gasteiger partial charge is 0.365 e. The van der Waals surface area contributed by atoms with E-state index < -0.39 is 0 Å². The molecule has 0 aromatic heterocycles. The molecule has 100 valence electrons. The molecule has 0 fully saturated rings. The highest BCUT2D eigenvalue weighted by atomic mass is 16.1. The molecule has 17 heavy (non-hydrogen) atoms. The van der Waals surface area contributed by atoms with E-state index in [1.807, 2.05) is 0 Å². The van der Waals surface area contributed by atoms with Crippen LogP contribution in [0, 0.1) is 5.41 Å². The van der Waals surface area contributed by atoms with Crippen molar-refractivity contribution in [3.8, 4) is 0 Å². The minimum Gasteiger partial charge on any atom is -0.365 e. The van der Waals surface area contributed by atoms with Gasteiger partial charge in [-0.25, -0.2) is 0 Å². The van der Waals surface area contributed by atoms with Gasteiger partial charge in [0.2, 0.25) is 0 Å². The lowest BCUT2D eigenvalue weighted by Crippen LogP contribution is -2.47. The van der Waals surface area contributed by atoms with E-state index >= 15 is 0 Å². The average molecular weight is 241 g/mol. The van der Waals surface area contributed by atoms with Gasteiger partial charge in [0.1, 0.15) is 0 Å². The predicted molar refractivity (Wildman–Crippen MR) is 73.5 cm³/mol. The van der Waals surface area contributed by atoms with Gasteiger partial charge in [0, 0.05) is 6.42 Å². The third kappa shape index (κ3) is 7.16. The molecule has 1 unspecified atom stereocenters. The number of primary amides is 1. The molecule has 1 atom stereocenters. The zero-order chi connectivity index (χ0) is 13.7. The topological polar surface area (TPSA) is 43.1 Å². The minimum absolute atomic E-state index is 0.229. The highest BCUT2D eigenvalue weighted by molar-refractivity contribution is 5.74. The number of carbonyl (C=O) groups excluding carboxylic acids is 1. The molecule has 0 aliphatic rings. The Morgan fingerprint density at radius 2 is 1.94 bits per heavy atom. The van der Waals surface area contributed by atoms with Crippen LogP contribution in [-0.4, -0.2) is 37.6 Å². The van der Waals surface area contributed by atoms with Crippen LogP contribution in [0.5, 0.6) is 0 Å². The maximum atomic E-state index is 11.0. The molecule has 1 amide bonds. The molecule has 0 aliphatic carbocycles. The van der Waals surface area contributed by atoms with Gasteiger partial charge in [0.15, 0.2) is 6.54 Å². The lowest BCUT2D eigenvalue weighted by Gasteiger charge is -2.34. The number of nitrogens with zero attached hydrogens (tertiary/aromatic N) is 1. The van der Waals surface area contributed by atoms with Crippen LogP contribution < -0.4 is 5.73 Å². The van der Waals surface area contributed by atoms with Gasteiger partial charge in [0.05, 0.1) is 20.6 Å². The Hall–Kier alpha value is -0.830. The molecule has 0 saturated carbocycles. The van der Waals surface area contributed by atoms with Crippen molar-refractivity contribution in [2.45, 2.75) is 40.0 Å². The monoisotopic (exact) mass is 241 g/mol. The van der Waals surface area contributed by atoms with E-state index in [2.05, 4.69) is 41.4 Å². The van der Waals surface area contributed by atoms with Crippen molar-refractivity contribution >= 4 is 5.91 Å². The molecule has 0 aromatic carbocycles. The molecule has 3 heteroatoms. The number of hydrogen-bond donors (Lipinski definition) is 1. The van der Waals surface area contributed by atoms with E-state index in [0.29, 0.717) is 16.4 Å². The lowest BCUT2D eigenvalue weighted by molar-refractivity contribution is -0.883. The fourth-order valence-electron chi connectivity index (χ4n) is 2.19. The highest BCUT2D eigenvalue weighted by Gasteiger charge is 2.27. The van der Waals surface area contributed by atoms with Crippen molar-refractivity contribution in [3.05, 3.63) is 12.2 Å². The predicted octanol–water partition coefficient (Wildman–Crippen LogP) is 2.32. The third-order valence-corrected chi connectivity index (χ3v) is 3.49. The Kier molecular flexibility index (Phi) is 5.89. The second kappa shape index (κ2) is 6.20. The normalized spacial score (nSPS) is 15.4. The number of hydrogen-bond acceptors (Lipinski definition) is 1. The van der Waals surface area contributed by atoms with Crippen LogP contribution in [0.4, 0.5) is 0 Å². The van der Waals surface area contributed by atoms with Crippen LogP contribution in [0.25, 0.3) is 0 Å². The third-order valence-electron chi connectivity index (χ3n) is 3.49. The number of carbonyl (C=O) groups is 1. The summed E-state index contributed by atoms with van der Waals surface area (Å²) >= 11 is 0. The Balaban J connectivity index is 4.40. The molecule has 2 N–H and O–H groups in total. The quantitative estimate of drug-likeness (QED) is 0.514. The summed E-state index contributed by atoms with van der Waals surface area (Å²) in [7, 11) is 4.11. The Labute approximate surface area is 106 Å². The first-order valence-electron chi connectivity index (χ1n) is 6.35.